The van der Waals surface area contributed by atoms with Crippen LogP contribution in [-0.2, 0) is 0 Å². The van der Waals surface area contributed by atoms with E-state index in [9.17, 15) is 9.50 Å². The number of aliphatic hydroxyl groups is 1. The number of rotatable bonds is 5. The Hall–Kier alpha value is -1.58. The highest BCUT2D eigenvalue weighted by molar-refractivity contribution is 6.33. The second-order valence-corrected chi connectivity index (χ2v) is 5.75. The standard InChI is InChI=1S/C17H19ClFNO/c1-11(2)12-3-5-13(6-4-12)17(21)10-20-16-8-7-14(19)9-15(16)18/h3-9,11,17,20-21H,10H2,1-2H3. The minimum Gasteiger partial charge on any atom is -0.387 e. The fourth-order valence-electron chi connectivity index (χ4n) is 2.06. The molecule has 4 heteroatoms. The fraction of sp³-hybridized carbons (Fsp3) is 0.294. The van der Waals surface area contributed by atoms with E-state index in [1.807, 2.05) is 24.3 Å². The van der Waals surface area contributed by atoms with E-state index in [0.717, 1.165) is 5.56 Å². The summed E-state index contributed by atoms with van der Waals surface area (Å²) >= 11 is 5.93. The van der Waals surface area contributed by atoms with Gasteiger partial charge in [0.1, 0.15) is 5.82 Å². The first-order valence-corrected chi connectivity index (χ1v) is 7.32. The molecule has 2 rings (SSSR count). The number of anilines is 1. The van der Waals surface area contributed by atoms with Gasteiger partial charge >= 0.3 is 0 Å². The van der Waals surface area contributed by atoms with Gasteiger partial charge in [0.15, 0.2) is 0 Å². The quantitative estimate of drug-likeness (QED) is 0.835. The maximum Gasteiger partial charge on any atom is 0.124 e. The van der Waals surface area contributed by atoms with Crippen LogP contribution in [-0.4, -0.2) is 11.7 Å². The summed E-state index contributed by atoms with van der Waals surface area (Å²) in [5, 5.41) is 13.5. The van der Waals surface area contributed by atoms with Gasteiger partial charge < -0.3 is 10.4 Å². The van der Waals surface area contributed by atoms with Crippen LogP contribution in [0.1, 0.15) is 37.0 Å². The highest BCUT2D eigenvalue weighted by atomic mass is 35.5. The normalized spacial score (nSPS) is 12.5. The molecule has 0 aliphatic rings. The van der Waals surface area contributed by atoms with Gasteiger partial charge in [-0.1, -0.05) is 49.7 Å². The van der Waals surface area contributed by atoms with Crippen molar-refractivity contribution in [3.8, 4) is 0 Å². The smallest absolute Gasteiger partial charge is 0.124 e. The molecule has 0 fully saturated rings. The van der Waals surface area contributed by atoms with Crippen LogP contribution >= 0.6 is 11.6 Å². The first-order chi connectivity index (χ1) is 9.97. The highest BCUT2D eigenvalue weighted by Gasteiger charge is 2.09. The monoisotopic (exact) mass is 307 g/mol. The molecule has 0 aliphatic heterocycles. The van der Waals surface area contributed by atoms with Crippen molar-refractivity contribution < 1.29 is 9.50 Å². The molecule has 1 unspecified atom stereocenters. The number of hydrogen-bond acceptors (Lipinski definition) is 2. The van der Waals surface area contributed by atoms with Crippen molar-refractivity contribution >= 4 is 17.3 Å². The van der Waals surface area contributed by atoms with Crippen molar-refractivity contribution in [1.29, 1.82) is 0 Å². The predicted octanol–water partition coefficient (Wildman–Crippen LogP) is 4.75. The lowest BCUT2D eigenvalue weighted by Crippen LogP contribution is -2.12. The molecular weight excluding hydrogens is 289 g/mol. The first kappa shape index (κ1) is 15.8. The molecule has 0 aromatic heterocycles. The summed E-state index contributed by atoms with van der Waals surface area (Å²) in [5.74, 6) is 0.0858. The summed E-state index contributed by atoms with van der Waals surface area (Å²) in [7, 11) is 0. The van der Waals surface area contributed by atoms with Gasteiger partial charge in [0.05, 0.1) is 16.8 Å². The van der Waals surface area contributed by atoms with E-state index in [0.29, 0.717) is 23.2 Å². The summed E-state index contributed by atoms with van der Waals surface area (Å²) < 4.78 is 13.0. The maximum absolute atomic E-state index is 13.0. The fourth-order valence-corrected chi connectivity index (χ4v) is 2.29. The largest absolute Gasteiger partial charge is 0.387 e. The van der Waals surface area contributed by atoms with Crippen LogP contribution in [0.4, 0.5) is 10.1 Å². The lowest BCUT2D eigenvalue weighted by Gasteiger charge is -2.15. The Morgan fingerprint density at radius 2 is 1.71 bits per heavy atom. The van der Waals surface area contributed by atoms with Crippen molar-refractivity contribution in [1.82, 2.24) is 0 Å². The van der Waals surface area contributed by atoms with Crippen molar-refractivity contribution in [2.75, 3.05) is 11.9 Å². The van der Waals surface area contributed by atoms with E-state index >= 15 is 0 Å². The molecule has 0 amide bonds. The van der Waals surface area contributed by atoms with E-state index in [1.165, 1.54) is 17.7 Å². The van der Waals surface area contributed by atoms with Gasteiger partial charge in [-0.15, -0.1) is 0 Å². The Bertz CT molecular complexity index is 598. The number of aliphatic hydroxyl groups excluding tert-OH is 1. The minimum atomic E-state index is -0.646. The van der Waals surface area contributed by atoms with E-state index in [1.54, 1.807) is 6.07 Å². The molecule has 0 saturated carbocycles. The molecule has 2 aromatic rings. The van der Waals surface area contributed by atoms with Crippen molar-refractivity contribution in [3.63, 3.8) is 0 Å². The summed E-state index contributed by atoms with van der Waals surface area (Å²) in [6, 6.07) is 12.0. The van der Waals surface area contributed by atoms with Crippen molar-refractivity contribution in [2.24, 2.45) is 0 Å². The van der Waals surface area contributed by atoms with Crippen LogP contribution in [0.15, 0.2) is 42.5 Å². The zero-order valence-corrected chi connectivity index (χ0v) is 12.9. The Morgan fingerprint density at radius 3 is 2.29 bits per heavy atom. The molecule has 112 valence electrons. The van der Waals surface area contributed by atoms with Crippen LogP contribution in [0.5, 0.6) is 0 Å². The zero-order chi connectivity index (χ0) is 15.4. The molecule has 0 aliphatic carbocycles. The van der Waals surface area contributed by atoms with Crippen molar-refractivity contribution in [2.45, 2.75) is 25.9 Å². The van der Waals surface area contributed by atoms with Gasteiger partial charge in [0.25, 0.3) is 0 Å². The van der Waals surface area contributed by atoms with Crippen molar-refractivity contribution in [3.05, 3.63) is 64.4 Å². The summed E-state index contributed by atoms with van der Waals surface area (Å²) in [5.41, 5.74) is 2.68. The summed E-state index contributed by atoms with van der Waals surface area (Å²) in [4.78, 5) is 0. The topological polar surface area (TPSA) is 32.3 Å². The number of nitrogens with one attached hydrogen (secondary N) is 1. The van der Waals surface area contributed by atoms with Gasteiger partial charge in [-0.2, -0.15) is 0 Å². The average molecular weight is 308 g/mol. The van der Waals surface area contributed by atoms with E-state index in [4.69, 9.17) is 11.6 Å². The molecule has 2 N–H and O–H groups in total. The van der Waals surface area contributed by atoms with Gasteiger partial charge in [0.2, 0.25) is 0 Å². The summed E-state index contributed by atoms with van der Waals surface area (Å²) in [6.07, 6.45) is -0.646. The molecule has 0 spiro atoms. The molecule has 0 saturated heterocycles. The minimum absolute atomic E-state index is 0.303. The lowest BCUT2D eigenvalue weighted by molar-refractivity contribution is 0.191. The number of halogens is 2. The van der Waals surface area contributed by atoms with Gasteiger partial charge in [-0.05, 0) is 35.2 Å². The summed E-state index contributed by atoms with van der Waals surface area (Å²) in [6.45, 7) is 4.57. The highest BCUT2D eigenvalue weighted by Crippen LogP contribution is 2.24. The molecule has 1 atom stereocenters. The Morgan fingerprint density at radius 1 is 1.10 bits per heavy atom. The Balaban J connectivity index is 1.99. The van der Waals surface area contributed by atoms with E-state index in [-0.39, 0.29) is 5.82 Å². The second kappa shape index (κ2) is 6.92. The van der Waals surface area contributed by atoms with Gasteiger partial charge in [-0.25, -0.2) is 4.39 Å². The SMILES string of the molecule is CC(C)c1ccc(C(O)CNc2ccc(F)cc2Cl)cc1. The molecule has 0 heterocycles. The lowest BCUT2D eigenvalue weighted by atomic mass is 10.00. The van der Waals surface area contributed by atoms with E-state index < -0.39 is 6.10 Å². The second-order valence-electron chi connectivity index (χ2n) is 5.34. The molecule has 2 nitrogen and oxygen atoms in total. The van der Waals surface area contributed by atoms with Crippen LogP contribution in [0.25, 0.3) is 0 Å². The van der Waals surface area contributed by atoms with E-state index in [2.05, 4.69) is 19.2 Å². The first-order valence-electron chi connectivity index (χ1n) is 6.94. The van der Waals surface area contributed by atoms with Gasteiger partial charge in [0, 0.05) is 6.54 Å². The predicted molar refractivity (Wildman–Crippen MR) is 85.4 cm³/mol. The molecule has 21 heavy (non-hydrogen) atoms. The Labute approximate surface area is 129 Å². The van der Waals surface area contributed by atoms with Crippen LogP contribution in [0, 0.1) is 5.82 Å². The number of benzene rings is 2. The van der Waals surface area contributed by atoms with Gasteiger partial charge in [-0.3, -0.25) is 0 Å². The zero-order valence-electron chi connectivity index (χ0n) is 12.1. The Kier molecular flexibility index (Phi) is 5.21. The third kappa shape index (κ3) is 4.19. The molecule has 0 bridgehead atoms. The molecule has 2 aromatic carbocycles. The third-order valence-corrected chi connectivity index (χ3v) is 3.72. The average Bonchev–Trinajstić information content (AvgIpc) is 2.46. The molecule has 0 radical (unpaired) electrons. The third-order valence-electron chi connectivity index (χ3n) is 3.40. The van der Waals surface area contributed by atoms with Crippen LogP contribution in [0.3, 0.4) is 0 Å². The molecular formula is C17H19ClFNO. The number of hydrogen-bond donors (Lipinski definition) is 2. The maximum atomic E-state index is 13.0. The van der Waals surface area contributed by atoms with Crippen LogP contribution in [0.2, 0.25) is 5.02 Å². The van der Waals surface area contributed by atoms with Crippen LogP contribution < -0.4 is 5.32 Å².